The van der Waals surface area contributed by atoms with Crippen molar-refractivity contribution in [3.8, 4) is 0 Å². The molecule has 0 aromatic carbocycles. The predicted molar refractivity (Wildman–Crippen MR) is 46.6 cm³/mol. The summed E-state index contributed by atoms with van der Waals surface area (Å²) in [6, 6.07) is 0. The fraction of sp³-hybridized carbons (Fsp3) is 0.250. The summed E-state index contributed by atoms with van der Waals surface area (Å²) in [7, 11) is 0. The Kier molecular flexibility index (Phi) is 4.41. The maximum absolute atomic E-state index is 3.58. The summed E-state index contributed by atoms with van der Waals surface area (Å²) in [5.41, 5.74) is 1.23. The van der Waals surface area contributed by atoms with Crippen LogP contribution >= 0.6 is 15.9 Å². The van der Waals surface area contributed by atoms with Gasteiger partial charge >= 0.3 is 0 Å². The summed E-state index contributed by atoms with van der Waals surface area (Å²) in [4.78, 5) is 0. The van der Waals surface area contributed by atoms with E-state index in [-0.39, 0.29) is 0 Å². The lowest BCUT2D eigenvalue weighted by molar-refractivity contribution is 1.46. The molecule has 0 aliphatic carbocycles. The van der Waals surface area contributed by atoms with Crippen molar-refractivity contribution in [2.24, 2.45) is 0 Å². The quantitative estimate of drug-likeness (QED) is 0.581. The molecule has 0 bridgehead atoms. The van der Waals surface area contributed by atoms with Gasteiger partial charge in [-0.15, -0.1) is 0 Å². The van der Waals surface area contributed by atoms with Gasteiger partial charge in [0.2, 0.25) is 0 Å². The van der Waals surface area contributed by atoms with Crippen LogP contribution in [0.25, 0.3) is 0 Å². The Morgan fingerprint density at radius 3 is 2.44 bits per heavy atom. The first-order valence-corrected chi connectivity index (χ1v) is 3.63. The minimum Gasteiger partial charge on any atom is -0.0990 e. The summed E-state index contributed by atoms with van der Waals surface area (Å²) in [5, 5.41) is 0. The highest BCUT2D eigenvalue weighted by Gasteiger charge is 1.88. The molecule has 0 nitrogen and oxygen atoms in total. The van der Waals surface area contributed by atoms with E-state index in [9.17, 15) is 0 Å². The smallest absolute Gasteiger partial charge is 0.0200 e. The minimum absolute atomic E-state index is 1.10. The lowest BCUT2D eigenvalue weighted by Gasteiger charge is -1.93. The van der Waals surface area contributed by atoms with Gasteiger partial charge in [-0.2, -0.15) is 0 Å². The van der Waals surface area contributed by atoms with Gasteiger partial charge in [-0.25, -0.2) is 0 Å². The number of hydrogen-bond donors (Lipinski definition) is 0. The standard InChI is InChI=1S/C8H11Br/c1-4-6-8(9)7(3)5-2/h4-6H,1H2,2-3H3/b7-5-,8-6+. The van der Waals surface area contributed by atoms with Crippen LogP contribution in [0.15, 0.2) is 34.9 Å². The SMILES string of the molecule is C=C/C=C(Br)\C(C)=C/C. The van der Waals surface area contributed by atoms with Crippen molar-refractivity contribution in [3.63, 3.8) is 0 Å². The lowest BCUT2D eigenvalue weighted by atomic mass is 10.2. The Morgan fingerprint density at radius 1 is 1.56 bits per heavy atom. The van der Waals surface area contributed by atoms with Gasteiger partial charge in [0.15, 0.2) is 0 Å². The zero-order valence-corrected chi connectivity index (χ0v) is 7.40. The molecule has 0 aliphatic rings. The second-order valence-electron chi connectivity index (χ2n) is 1.72. The summed E-state index contributed by atoms with van der Waals surface area (Å²) in [6.45, 7) is 7.64. The van der Waals surface area contributed by atoms with Crippen molar-refractivity contribution in [2.45, 2.75) is 13.8 Å². The molecule has 0 saturated carbocycles. The Hall–Kier alpha value is -0.300. The molecule has 0 heterocycles. The van der Waals surface area contributed by atoms with E-state index < -0.39 is 0 Å². The third-order valence-corrected chi connectivity index (χ3v) is 1.96. The molecular weight excluding hydrogens is 176 g/mol. The van der Waals surface area contributed by atoms with Crippen LogP contribution in [0.5, 0.6) is 0 Å². The maximum atomic E-state index is 3.58. The zero-order valence-electron chi connectivity index (χ0n) is 5.82. The molecule has 0 atom stereocenters. The normalized spacial score (nSPS) is 13.7. The molecular formula is C8H11Br. The van der Waals surface area contributed by atoms with E-state index in [1.54, 1.807) is 6.08 Å². The molecule has 0 amide bonds. The van der Waals surface area contributed by atoms with Gasteiger partial charge in [0.1, 0.15) is 0 Å². The average Bonchev–Trinajstić information content (AvgIpc) is 1.87. The third-order valence-electron chi connectivity index (χ3n) is 1.07. The van der Waals surface area contributed by atoms with Crippen molar-refractivity contribution in [1.82, 2.24) is 0 Å². The van der Waals surface area contributed by atoms with E-state index in [2.05, 4.69) is 22.5 Å². The summed E-state index contributed by atoms with van der Waals surface area (Å²) >= 11 is 3.39. The van der Waals surface area contributed by atoms with Crippen molar-refractivity contribution in [2.75, 3.05) is 0 Å². The second-order valence-corrected chi connectivity index (χ2v) is 2.58. The van der Waals surface area contributed by atoms with Crippen LogP contribution in [-0.2, 0) is 0 Å². The van der Waals surface area contributed by atoms with Crippen LogP contribution in [0.3, 0.4) is 0 Å². The monoisotopic (exact) mass is 186 g/mol. The van der Waals surface area contributed by atoms with Gasteiger partial charge in [0.25, 0.3) is 0 Å². The highest BCUT2D eigenvalue weighted by Crippen LogP contribution is 2.15. The second kappa shape index (κ2) is 4.57. The van der Waals surface area contributed by atoms with E-state index in [4.69, 9.17) is 0 Å². The van der Waals surface area contributed by atoms with Gasteiger partial charge in [0, 0.05) is 4.48 Å². The molecule has 0 aliphatic heterocycles. The summed E-state index contributed by atoms with van der Waals surface area (Å²) in [5.74, 6) is 0. The van der Waals surface area contributed by atoms with Crippen molar-refractivity contribution >= 4 is 15.9 Å². The lowest BCUT2D eigenvalue weighted by Crippen LogP contribution is -1.70. The van der Waals surface area contributed by atoms with E-state index in [1.807, 2.05) is 26.0 Å². The maximum Gasteiger partial charge on any atom is 0.0200 e. The number of halogens is 1. The summed E-state index contributed by atoms with van der Waals surface area (Å²) in [6.07, 6.45) is 5.73. The first-order chi connectivity index (χ1) is 4.22. The van der Waals surface area contributed by atoms with Crippen LogP contribution in [0, 0.1) is 0 Å². The number of hydrogen-bond acceptors (Lipinski definition) is 0. The van der Waals surface area contributed by atoms with Gasteiger partial charge in [0.05, 0.1) is 0 Å². The fourth-order valence-corrected chi connectivity index (χ4v) is 0.789. The van der Waals surface area contributed by atoms with E-state index >= 15 is 0 Å². The minimum atomic E-state index is 1.10. The average molecular weight is 187 g/mol. The molecule has 1 heteroatoms. The molecule has 9 heavy (non-hydrogen) atoms. The molecule has 0 aromatic rings. The van der Waals surface area contributed by atoms with E-state index in [1.165, 1.54) is 5.57 Å². The topological polar surface area (TPSA) is 0 Å². The van der Waals surface area contributed by atoms with E-state index in [0.29, 0.717) is 0 Å². The van der Waals surface area contributed by atoms with E-state index in [0.717, 1.165) is 4.48 Å². The molecule has 0 unspecified atom stereocenters. The molecule has 0 aromatic heterocycles. The van der Waals surface area contributed by atoms with Crippen LogP contribution < -0.4 is 0 Å². The van der Waals surface area contributed by atoms with Crippen molar-refractivity contribution < 1.29 is 0 Å². The highest BCUT2D eigenvalue weighted by molar-refractivity contribution is 9.12. The zero-order chi connectivity index (χ0) is 7.28. The first kappa shape index (κ1) is 8.70. The highest BCUT2D eigenvalue weighted by atomic mass is 79.9. The molecule has 50 valence electrons. The number of rotatable bonds is 2. The Balaban J connectivity index is 4.19. The summed E-state index contributed by atoms with van der Waals surface area (Å²) < 4.78 is 1.10. The van der Waals surface area contributed by atoms with Gasteiger partial charge < -0.3 is 0 Å². The van der Waals surface area contributed by atoms with Crippen molar-refractivity contribution in [1.29, 1.82) is 0 Å². The fourth-order valence-electron chi connectivity index (χ4n) is 0.373. The largest absolute Gasteiger partial charge is 0.0990 e. The molecule has 0 rings (SSSR count). The Morgan fingerprint density at radius 2 is 2.11 bits per heavy atom. The van der Waals surface area contributed by atoms with Crippen LogP contribution in [-0.4, -0.2) is 0 Å². The van der Waals surface area contributed by atoms with Gasteiger partial charge in [-0.05, 0) is 25.5 Å². The van der Waals surface area contributed by atoms with Crippen LogP contribution in [0.4, 0.5) is 0 Å². The van der Waals surface area contributed by atoms with Gasteiger partial charge in [-0.3, -0.25) is 0 Å². The molecule has 0 spiro atoms. The van der Waals surface area contributed by atoms with Crippen molar-refractivity contribution in [3.05, 3.63) is 34.9 Å². The molecule has 0 saturated heterocycles. The first-order valence-electron chi connectivity index (χ1n) is 2.84. The predicted octanol–water partition coefficient (Wildman–Crippen LogP) is 3.42. The molecule has 0 radical (unpaired) electrons. The number of allylic oxidation sites excluding steroid dienone is 5. The Labute approximate surface area is 65.1 Å². The van der Waals surface area contributed by atoms with Crippen LogP contribution in [0.1, 0.15) is 13.8 Å². The molecule has 0 fully saturated rings. The molecule has 0 N–H and O–H groups in total. The van der Waals surface area contributed by atoms with Crippen LogP contribution in [0.2, 0.25) is 0 Å². The Bertz CT molecular complexity index is 152. The third kappa shape index (κ3) is 3.31. The van der Waals surface area contributed by atoms with Gasteiger partial charge in [-0.1, -0.05) is 34.7 Å².